The number of hydrogen-bond acceptors (Lipinski definition) is 4. The number of benzene rings is 1. The van der Waals surface area contributed by atoms with Crippen LogP contribution in [-0.2, 0) is 21.2 Å². The highest BCUT2D eigenvalue weighted by Crippen LogP contribution is 2.17. The van der Waals surface area contributed by atoms with Gasteiger partial charge < -0.3 is 10.2 Å². The summed E-state index contributed by atoms with van der Waals surface area (Å²) >= 11 is 0. The molecule has 2 N–H and O–H groups in total. The van der Waals surface area contributed by atoms with Crippen LogP contribution in [0.15, 0.2) is 24.3 Å². The Kier molecular flexibility index (Phi) is 6.92. The molecule has 1 heterocycles. The summed E-state index contributed by atoms with van der Waals surface area (Å²) in [7, 11) is -1.37. The first-order valence-corrected chi connectivity index (χ1v) is 10.3. The average Bonchev–Trinajstić information content (AvgIpc) is 2.67. The first kappa shape index (κ1) is 19.8. The minimum atomic E-state index is -3.26. The van der Waals surface area contributed by atoms with Crippen LogP contribution in [0.5, 0.6) is 0 Å². The number of likely N-dealkylation sites (tertiary alicyclic amines) is 1. The lowest BCUT2D eigenvalue weighted by Gasteiger charge is -2.21. The van der Waals surface area contributed by atoms with Crippen LogP contribution < -0.4 is 10.0 Å². The van der Waals surface area contributed by atoms with Gasteiger partial charge in [-0.1, -0.05) is 12.1 Å². The topological polar surface area (TPSA) is 78.5 Å². The molecule has 1 saturated heterocycles. The molecular weight excluding hydrogens is 345 g/mol. The van der Waals surface area contributed by atoms with E-state index >= 15 is 0 Å². The molecule has 0 radical (unpaired) electrons. The molecule has 1 aliphatic heterocycles. The van der Waals surface area contributed by atoms with Crippen molar-refractivity contribution in [1.82, 2.24) is 14.9 Å². The fourth-order valence-corrected chi connectivity index (χ4v) is 3.99. The Balaban J connectivity index is 1.82. The first-order chi connectivity index (χ1) is 11.7. The lowest BCUT2D eigenvalue weighted by molar-refractivity contribution is -0.125. The Hall–Kier alpha value is -1.51. The van der Waals surface area contributed by atoms with Crippen LogP contribution in [0.4, 0.5) is 4.39 Å². The van der Waals surface area contributed by atoms with Crippen LogP contribution in [-0.4, -0.2) is 58.2 Å². The number of halogens is 1. The standard InChI is InChI=1S/C17H26FN3O3S/c1-21-11-14(6-7-16(12-21)20-25(2,23)24)17(22)19-9-8-13-4-3-5-15(18)10-13/h3-5,10,14,16,20H,6-9,11-12H2,1-2H3,(H,19,22)/t14-,16+/m1/s1. The van der Waals surface area contributed by atoms with E-state index in [-0.39, 0.29) is 23.7 Å². The quantitative estimate of drug-likeness (QED) is 0.773. The molecule has 140 valence electrons. The molecule has 1 aromatic rings. The molecule has 1 aromatic carbocycles. The molecule has 0 aromatic heterocycles. The second-order valence-electron chi connectivity index (χ2n) is 6.75. The number of amides is 1. The van der Waals surface area contributed by atoms with Crippen molar-refractivity contribution in [3.05, 3.63) is 35.6 Å². The summed E-state index contributed by atoms with van der Waals surface area (Å²) in [6, 6.07) is 6.17. The molecule has 2 atom stereocenters. The van der Waals surface area contributed by atoms with Crippen LogP contribution in [0.1, 0.15) is 18.4 Å². The van der Waals surface area contributed by atoms with Crippen LogP contribution in [0.3, 0.4) is 0 Å². The fourth-order valence-electron chi connectivity index (χ4n) is 3.19. The lowest BCUT2D eigenvalue weighted by Crippen LogP contribution is -2.41. The maximum atomic E-state index is 13.1. The van der Waals surface area contributed by atoms with Gasteiger partial charge in [-0.05, 0) is 44.0 Å². The molecule has 1 fully saturated rings. The van der Waals surface area contributed by atoms with E-state index in [9.17, 15) is 17.6 Å². The number of carbonyl (C=O) groups excluding carboxylic acids is 1. The predicted molar refractivity (Wildman–Crippen MR) is 95.1 cm³/mol. The third-order valence-electron chi connectivity index (χ3n) is 4.28. The van der Waals surface area contributed by atoms with Crippen molar-refractivity contribution in [3.8, 4) is 0 Å². The molecule has 0 aliphatic carbocycles. The summed E-state index contributed by atoms with van der Waals surface area (Å²) < 4.78 is 38.6. The van der Waals surface area contributed by atoms with Crippen molar-refractivity contribution in [1.29, 1.82) is 0 Å². The van der Waals surface area contributed by atoms with Crippen molar-refractivity contribution < 1.29 is 17.6 Å². The molecule has 2 rings (SSSR count). The van der Waals surface area contributed by atoms with Gasteiger partial charge >= 0.3 is 0 Å². The van der Waals surface area contributed by atoms with Crippen molar-refractivity contribution in [2.75, 3.05) is 32.9 Å². The van der Waals surface area contributed by atoms with E-state index in [1.165, 1.54) is 12.1 Å². The number of likely N-dealkylation sites (N-methyl/N-ethyl adjacent to an activating group) is 1. The Labute approximate surface area is 148 Å². The molecule has 0 saturated carbocycles. The third kappa shape index (κ3) is 7.09. The van der Waals surface area contributed by atoms with Gasteiger partial charge in [0.15, 0.2) is 0 Å². The zero-order valence-corrected chi connectivity index (χ0v) is 15.5. The number of hydrogen-bond donors (Lipinski definition) is 2. The smallest absolute Gasteiger partial charge is 0.224 e. The number of nitrogens with zero attached hydrogens (tertiary/aromatic N) is 1. The zero-order valence-electron chi connectivity index (χ0n) is 14.7. The van der Waals surface area contributed by atoms with Crippen molar-refractivity contribution in [3.63, 3.8) is 0 Å². The van der Waals surface area contributed by atoms with Gasteiger partial charge in [0.05, 0.1) is 12.2 Å². The van der Waals surface area contributed by atoms with E-state index in [0.29, 0.717) is 38.9 Å². The number of sulfonamides is 1. The summed E-state index contributed by atoms with van der Waals surface area (Å²) in [5, 5.41) is 2.91. The summed E-state index contributed by atoms with van der Waals surface area (Å²) in [4.78, 5) is 14.4. The number of carbonyl (C=O) groups is 1. The molecule has 25 heavy (non-hydrogen) atoms. The van der Waals surface area contributed by atoms with Gasteiger partial charge in [-0.3, -0.25) is 4.79 Å². The lowest BCUT2D eigenvalue weighted by atomic mass is 10.0. The van der Waals surface area contributed by atoms with Crippen LogP contribution in [0, 0.1) is 11.7 Å². The van der Waals surface area contributed by atoms with Gasteiger partial charge in [0.1, 0.15) is 5.82 Å². The normalized spacial score (nSPS) is 22.4. The van der Waals surface area contributed by atoms with Gasteiger partial charge in [-0.25, -0.2) is 17.5 Å². The Bertz CT molecular complexity index is 696. The molecule has 0 unspecified atom stereocenters. The predicted octanol–water partition coefficient (Wildman–Crippen LogP) is 0.744. The van der Waals surface area contributed by atoms with E-state index in [2.05, 4.69) is 10.0 Å². The highest BCUT2D eigenvalue weighted by molar-refractivity contribution is 7.88. The van der Waals surface area contributed by atoms with Gasteiger partial charge in [0, 0.05) is 25.7 Å². The largest absolute Gasteiger partial charge is 0.355 e. The van der Waals surface area contributed by atoms with E-state index in [0.717, 1.165) is 11.8 Å². The monoisotopic (exact) mass is 371 g/mol. The summed E-state index contributed by atoms with van der Waals surface area (Å²) in [5.41, 5.74) is 0.843. The average molecular weight is 371 g/mol. The molecule has 1 aliphatic rings. The third-order valence-corrected chi connectivity index (χ3v) is 5.04. The molecule has 8 heteroatoms. The summed E-state index contributed by atoms with van der Waals surface area (Å²) in [6.07, 6.45) is 2.97. The number of nitrogens with one attached hydrogen (secondary N) is 2. The Morgan fingerprint density at radius 3 is 2.76 bits per heavy atom. The fraction of sp³-hybridized carbons (Fsp3) is 0.588. The van der Waals surface area contributed by atoms with E-state index < -0.39 is 10.0 Å². The maximum Gasteiger partial charge on any atom is 0.224 e. The molecule has 1 amide bonds. The first-order valence-electron chi connectivity index (χ1n) is 8.41. The molecule has 6 nitrogen and oxygen atoms in total. The molecule has 0 bridgehead atoms. The van der Waals surface area contributed by atoms with Gasteiger partial charge in [-0.2, -0.15) is 0 Å². The summed E-state index contributed by atoms with van der Waals surface area (Å²) in [5.74, 6) is -0.495. The van der Waals surface area contributed by atoms with Crippen LogP contribution >= 0.6 is 0 Å². The Morgan fingerprint density at radius 1 is 1.32 bits per heavy atom. The van der Waals surface area contributed by atoms with Crippen LogP contribution in [0.2, 0.25) is 0 Å². The maximum absolute atomic E-state index is 13.1. The highest BCUT2D eigenvalue weighted by atomic mass is 32.2. The zero-order chi connectivity index (χ0) is 18.4. The summed E-state index contributed by atoms with van der Waals surface area (Å²) in [6.45, 7) is 1.63. The van der Waals surface area contributed by atoms with Crippen molar-refractivity contribution >= 4 is 15.9 Å². The minimum Gasteiger partial charge on any atom is -0.355 e. The molecular formula is C17H26FN3O3S. The second kappa shape index (κ2) is 8.73. The Morgan fingerprint density at radius 2 is 2.08 bits per heavy atom. The van der Waals surface area contributed by atoms with E-state index in [1.54, 1.807) is 6.07 Å². The van der Waals surface area contributed by atoms with E-state index in [4.69, 9.17) is 0 Å². The molecule has 0 spiro atoms. The van der Waals surface area contributed by atoms with Crippen LogP contribution in [0.25, 0.3) is 0 Å². The number of rotatable bonds is 6. The minimum absolute atomic E-state index is 0.0386. The van der Waals surface area contributed by atoms with Gasteiger partial charge in [0.2, 0.25) is 15.9 Å². The second-order valence-corrected chi connectivity index (χ2v) is 8.53. The van der Waals surface area contributed by atoms with Gasteiger partial charge in [-0.15, -0.1) is 0 Å². The highest BCUT2D eigenvalue weighted by Gasteiger charge is 2.27. The SMILES string of the molecule is CN1C[C@@H](NS(C)(=O)=O)CC[C@@H](C(=O)NCCc2cccc(F)c2)C1. The van der Waals surface area contributed by atoms with Crippen molar-refractivity contribution in [2.24, 2.45) is 5.92 Å². The van der Waals surface area contributed by atoms with E-state index in [1.807, 2.05) is 18.0 Å². The van der Waals surface area contributed by atoms with Gasteiger partial charge in [0.25, 0.3) is 0 Å². The van der Waals surface area contributed by atoms with Crippen molar-refractivity contribution in [2.45, 2.75) is 25.3 Å².